The highest BCUT2D eigenvalue weighted by Gasteiger charge is 2.22. The highest BCUT2D eigenvalue weighted by Crippen LogP contribution is 2.08. The Kier molecular flexibility index (Phi) is 2.45. The van der Waals surface area contributed by atoms with E-state index in [1.807, 2.05) is 5.38 Å². The molecule has 1 saturated heterocycles. The van der Waals surface area contributed by atoms with Gasteiger partial charge in [-0.15, -0.1) is 11.3 Å². The fraction of sp³-hybridized carbons (Fsp3) is 0.375. The Labute approximate surface area is 84.7 Å². The first-order valence-electron chi connectivity index (χ1n) is 4.21. The van der Waals surface area contributed by atoms with Crippen LogP contribution < -0.4 is 5.32 Å². The van der Waals surface area contributed by atoms with Crippen LogP contribution in [0.5, 0.6) is 0 Å². The van der Waals surface area contributed by atoms with Gasteiger partial charge in [-0.3, -0.25) is 10.1 Å². The summed E-state index contributed by atoms with van der Waals surface area (Å²) in [5.41, 5.74) is 2.59. The first-order chi connectivity index (χ1) is 6.75. The SMILES string of the molecule is O=C1CCN(Cc2cscn2)C(=O)N1. The molecule has 2 heterocycles. The lowest BCUT2D eigenvalue weighted by atomic mass is 10.3. The van der Waals surface area contributed by atoms with E-state index in [1.165, 1.54) is 11.3 Å². The highest BCUT2D eigenvalue weighted by molar-refractivity contribution is 7.07. The number of hydrogen-bond donors (Lipinski definition) is 1. The number of imide groups is 1. The monoisotopic (exact) mass is 211 g/mol. The van der Waals surface area contributed by atoms with E-state index in [0.717, 1.165) is 5.69 Å². The van der Waals surface area contributed by atoms with Gasteiger partial charge in [0.05, 0.1) is 17.7 Å². The minimum atomic E-state index is -0.325. The van der Waals surface area contributed by atoms with Gasteiger partial charge < -0.3 is 4.90 Å². The maximum Gasteiger partial charge on any atom is 0.324 e. The molecular formula is C8H9N3O2S. The molecule has 0 spiro atoms. The number of amides is 3. The summed E-state index contributed by atoms with van der Waals surface area (Å²) in [6.45, 7) is 0.949. The molecular weight excluding hydrogens is 202 g/mol. The molecule has 0 atom stereocenters. The number of aromatic nitrogens is 1. The molecule has 1 aliphatic rings. The molecule has 0 radical (unpaired) electrons. The van der Waals surface area contributed by atoms with E-state index in [2.05, 4.69) is 10.3 Å². The molecule has 6 heteroatoms. The van der Waals surface area contributed by atoms with E-state index >= 15 is 0 Å². The first-order valence-corrected chi connectivity index (χ1v) is 5.16. The van der Waals surface area contributed by atoms with Crippen LogP contribution in [0.3, 0.4) is 0 Å². The lowest BCUT2D eigenvalue weighted by Crippen LogP contribution is -2.48. The Morgan fingerprint density at radius 2 is 2.43 bits per heavy atom. The normalized spacial score (nSPS) is 17.0. The van der Waals surface area contributed by atoms with Crippen LogP contribution in [0.1, 0.15) is 12.1 Å². The minimum Gasteiger partial charge on any atom is -0.318 e. The number of thiazole rings is 1. The summed E-state index contributed by atoms with van der Waals surface area (Å²) in [5, 5.41) is 4.16. The van der Waals surface area contributed by atoms with Crippen molar-refractivity contribution in [3.05, 3.63) is 16.6 Å². The third kappa shape index (κ3) is 1.90. The van der Waals surface area contributed by atoms with Gasteiger partial charge in [-0.25, -0.2) is 9.78 Å². The molecule has 0 aliphatic carbocycles. The summed E-state index contributed by atoms with van der Waals surface area (Å²) in [4.78, 5) is 27.8. The summed E-state index contributed by atoms with van der Waals surface area (Å²) in [6, 6.07) is -0.325. The molecule has 14 heavy (non-hydrogen) atoms. The maximum absolute atomic E-state index is 11.3. The zero-order valence-electron chi connectivity index (χ0n) is 7.40. The Bertz CT molecular complexity index is 349. The van der Waals surface area contributed by atoms with Crippen molar-refractivity contribution in [3.63, 3.8) is 0 Å². The van der Waals surface area contributed by atoms with Gasteiger partial charge in [-0.1, -0.05) is 0 Å². The summed E-state index contributed by atoms with van der Waals surface area (Å²) < 4.78 is 0. The molecule has 0 unspecified atom stereocenters. The van der Waals surface area contributed by atoms with E-state index in [0.29, 0.717) is 19.5 Å². The smallest absolute Gasteiger partial charge is 0.318 e. The molecule has 1 aliphatic heterocycles. The van der Waals surface area contributed by atoms with Gasteiger partial charge in [0.25, 0.3) is 0 Å². The lowest BCUT2D eigenvalue weighted by molar-refractivity contribution is -0.121. The van der Waals surface area contributed by atoms with E-state index in [-0.39, 0.29) is 11.9 Å². The van der Waals surface area contributed by atoms with Gasteiger partial charge >= 0.3 is 6.03 Å². The Hall–Kier alpha value is -1.43. The quantitative estimate of drug-likeness (QED) is 0.778. The fourth-order valence-electron chi connectivity index (χ4n) is 1.26. The third-order valence-electron chi connectivity index (χ3n) is 1.98. The summed E-state index contributed by atoms with van der Waals surface area (Å²) in [6.07, 6.45) is 0.371. The molecule has 1 aromatic rings. The second kappa shape index (κ2) is 3.75. The van der Waals surface area contributed by atoms with Crippen molar-refractivity contribution in [2.75, 3.05) is 6.54 Å². The van der Waals surface area contributed by atoms with Gasteiger partial charge in [-0.2, -0.15) is 0 Å². The van der Waals surface area contributed by atoms with E-state index < -0.39 is 0 Å². The lowest BCUT2D eigenvalue weighted by Gasteiger charge is -2.25. The number of hydrogen-bond acceptors (Lipinski definition) is 4. The predicted octanol–water partition coefficient (Wildman–Crippen LogP) is 0.585. The molecule has 1 aromatic heterocycles. The van der Waals surface area contributed by atoms with Crippen LogP contribution in [0, 0.1) is 0 Å². The predicted molar refractivity (Wildman–Crippen MR) is 50.7 cm³/mol. The first kappa shape index (κ1) is 9.14. The summed E-state index contributed by atoms with van der Waals surface area (Å²) in [5.74, 6) is -0.204. The van der Waals surface area contributed by atoms with Gasteiger partial charge in [0.15, 0.2) is 0 Å². The number of nitrogens with one attached hydrogen (secondary N) is 1. The Morgan fingerprint density at radius 3 is 3.07 bits per heavy atom. The minimum absolute atomic E-state index is 0.204. The van der Waals surface area contributed by atoms with E-state index in [4.69, 9.17) is 0 Å². The second-order valence-corrected chi connectivity index (χ2v) is 3.72. The third-order valence-corrected chi connectivity index (χ3v) is 2.61. The Balaban J connectivity index is 1.99. The standard InChI is InChI=1S/C8H9N3O2S/c12-7-1-2-11(8(13)10-7)3-6-4-14-5-9-6/h4-5H,1-3H2,(H,10,12,13). The largest absolute Gasteiger partial charge is 0.324 e. The molecule has 2 rings (SSSR count). The van der Waals surface area contributed by atoms with Crippen LogP contribution in [0.2, 0.25) is 0 Å². The van der Waals surface area contributed by atoms with Crippen LogP contribution in [0.4, 0.5) is 4.79 Å². The van der Waals surface area contributed by atoms with Gasteiger partial charge in [-0.05, 0) is 0 Å². The molecule has 0 aromatic carbocycles. The van der Waals surface area contributed by atoms with Crippen molar-refractivity contribution in [3.8, 4) is 0 Å². The van der Waals surface area contributed by atoms with Crippen molar-refractivity contribution in [2.24, 2.45) is 0 Å². The van der Waals surface area contributed by atoms with Crippen LogP contribution in [-0.4, -0.2) is 28.4 Å². The number of urea groups is 1. The van der Waals surface area contributed by atoms with Gasteiger partial charge in [0.1, 0.15) is 0 Å². The molecule has 3 amide bonds. The zero-order chi connectivity index (χ0) is 9.97. The molecule has 0 bridgehead atoms. The molecule has 5 nitrogen and oxygen atoms in total. The van der Waals surface area contributed by atoms with Crippen molar-refractivity contribution in [2.45, 2.75) is 13.0 Å². The van der Waals surface area contributed by atoms with Crippen LogP contribution in [0.15, 0.2) is 10.9 Å². The highest BCUT2D eigenvalue weighted by atomic mass is 32.1. The van der Waals surface area contributed by atoms with Crippen molar-refractivity contribution >= 4 is 23.3 Å². The number of nitrogens with zero attached hydrogens (tertiary/aromatic N) is 2. The molecule has 1 fully saturated rings. The molecule has 1 N–H and O–H groups in total. The maximum atomic E-state index is 11.3. The van der Waals surface area contributed by atoms with E-state index in [9.17, 15) is 9.59 Å². The van der Waals surface area contributed by atoms with Crippen molar-refractivity contribution < 1.29 is 9.59 Å². The second-order valence-electron chi connectivity index (χ2n) is 3.00. The van der Waals surface area contributed by atoms with Crippen molar-refractivity contribution in [1.29, 1.82) is 0 Å². The Morgan fingerprint density at radius 1 is 1.57 bits per heavy atom. The van der Waals surface area contributed by atoms with Crippen LogP contribution in [-0.2, 0) is 11.3 Å². The summed E-state index contributed by atoms with van der Waals surface area (Å²) in [7, 11) is 0. The number of carbonyl (C=O) groups is 2. The van der Waals surface area contributed by atoms with Crippen LogP contribution in [0.25, 0.3) is 0 Å². The number of carbonyl (C=O) groups excluding carboxylic acids is 2. The molecule has 74 valence electrons. The van der Waals surface area contributed by atoms with E-state index in [1.54, 1.807) is 10.4 Å². The van der Waals surface area contributed by atoms with Gasteiger partial charge in [0.2, 0.25) is 5.91 Å². The fourth-order valence-corrected chi connectivity index (χ4v) is 1.81. The molecule has 0 saturated carbocycles. The zero-order valence-corrected chi connectivity index (χ0v) is 8.21. The summed E-state index contributed by atoms with van der Waals surface area (Å²) >= 11 is 1.49. The number of rotatable bonds is 2. The average Bonchev–Trinajstić information content (AvgIpc) is 2.62. The topological polar surface area (TPSA) is 62.3 Å². The van der Waals surface area contributed by atoms with Crippen molar-refractivity contribution in [1.82, 2.24) is 15.2 Å². The van der Waals surface area contributed by atoms with Crippen LogP contribution >= 0.6 is 11.3 Å². The van der Waals surface area contributed by atoms with Gasteiger partial charge in [0, 0.05) is 18.3 Å². The average molecular weight is 211 g/mol.